The van der Waals surface area contributed by atoms with Crippen molar-refractivity contribution < 1.29 is 9.53 Å². The molecule has 0 amide bonds. The van der Waals surface area contributed by atoms with E-state index in [1.165, 1.54) is 18.5 Å². The summed E-state index contributed by atoms with van der Waals surface area (Å²) in [6, 6.07) is 11.7. The molecule has 0 radical (unpaired) electrons. The van der Waals surface area contributed by atoms with Gasteiger partial charge in [-0.2, -0.15) is 0 Å². The van der Waals surface area contributed by atoms with E-state index < -0.39 is 0 Å². The van der Waals surface area contributed by atoms with Crippen molar-refractivity contribution in [3.05, 3.63) is 58.9 Å². The molecule has 0 saturated carbocycles. The fraction of sp³-hybridized carbons (Fsp3) is 0.267. The van der Waals surface area contributed by atoms with Crippen molar-refractivity contribution in [2.24, 2.45) is 0 Å². The molecule has 0 unspecified atom stereocenters. The maximum absolute atomic E-state index is 11.7. The predicted octanol–water partition coefficient (Wildman–Crippen LogP) is 2.94. The van der Waals surface area contributed by atoms with Gasteiger partial charge in [0.25, 0.3) is 0 Å². The Balaban J connectivity index is 2.38. The topological polar surface area (TPSA) is 31.2 Å². The second-order valence-electron chi connectivity index (χ2n) is 4.35. The zero-order valence-corrected chi connectivity index (χ0v) is 10.9. The minimum atomic E-state index is -0.284. The van der Waals surface area contributed by atoms with Crippen LogP contribution in [0.25, 0.3) is 0 Å². The molecule has 0 bridgehead atoms. The first-order valence-electron chi connectivity index (χ1n) is 5.92. The highest BCUT2D eigenvalue weighted by atomic mass is 16.5. The predicted molar refractivity (Wildman–Crippen MR) is 70.8 cm³/mol. The van der Waals surface area contributed by atoms with E-state index in [-0.39, 0.29) is 5.97 Å². The first-order chi connectivity index (χ1) is 8.63. The molecule has 0 aliphatic rings. The lowest BCUT2D eigenvalue weighted by Gasteiger charge is -2.12. The largest absolute Gasteiger partial charge is 0.465 e. The smallest absolute Gasteiger partial charge is 0.338 e. The molecule has 94 valence electrons. The SMILES string of the molecule is COC(=O)c1ccccc1Cn1c(C)ccc1C. The van der Waals surface area contributed by atoms with Crippen LogP contribution < -0.4 is 0 Å². The Bertz CT molecular complexity index is 550. The number of methoxy groups -OCH3 is 1. The van der Waals surface area contributed by atoms with Crippen LogP contribution in [-0.4, -0.2) is 17.6 Å². The number of hydrogen-bond acceptors (Lipinski definition) is 2. The van der Waals surface area contributed by atoms with Crippen molar-refractivity contribution in [3.8, 4) is 0 Å². The first-order valence-corrected chi connectivity index (χ1v) is 5.92. The number of rotatable bonds is 3. The van der Waals surface area contributed by atoms with E-state index in [0.717, 1.165) is 5.56 Å². The summed E-state index contributed by atoms with van der Waals surface area (Å²) in [6.07, 6.45) is 0. The van der Waals surface area contributed by atoms with Gasteiger partial charge in [0.15, 0.2) is 0 Å². The molecule has 0 saturated heterocycles. The second kappa shape index (κ2) is 5.08. The highest BCUT2D eigenvalue weighted by Gasteiger charge is 2.12. The first kappa shape index (κ1) is 12.4. The van der Waals surface area contributed by atoms with Gasteiger partial charge in [-0.1, -0.05) is 18.2 Å². The normalized spacial score (nSPS) is 10.4. The van der Waals surface area contributed by atoms with E-state index >= 15 is 0 Å². The van der Waals surface area contributed by atoms with Gasteiger partial charge in [0.05, 0.1) is 12.7 Å². The summed E-state index contributed by atoms with van der Waals surface area (Å²) in [4.78, 5) is 11.7. The second-order valence-corrected chi connectivity index (χ2v) is 4.35. The number of nitrogens with zero attached hydrogens (tertiary/aromatic N) is 1. The Hall–Kier alpha value is -2.03. The van der Waals surface area contributed by atoms with Gasteiger partial charge in [0, 0.05) is 17.9 Å². The van der Waals surface area contributed by atoms with Crippen LogP contribution in [0.15, 0.2) is 36.4 Å². The van der Waals surface area contributed by atoms with E-state index in [1.807, 2.05) is 18.2 Å². The number of ether oxygens (including phenoxy) is 1. The molecule has 2 aromatic rings. The van der Waals surface area contributed by atoms with E-state index in [1.54, 1.807) is 6.07 Å². The van der Waals surface area contributed by atoms with Crippen LogP contribution in [0.2, 0.25) is 0 Å². The summed E-state index contributed by atoms with van der Waals surface area (Å²) >= 11 is 0. The molecule has 3 nitrogen and oxygen atoms in total. The van der Waals surface area contributed by atoms with Gasteiger partial charge >= 0.3 is 5.97 Å². The Morgan fingerprint density at radius 2 is 1.72 bits per heavy atom. The summed E-state index contributed by atoms with van der Waals surface area (Å²) in [7, 11) is 1.41. The molecule has 0 aliphatic carbocycles. The van der Waals surface area contributed by atoms with Gasteiger partial charge in [-0.15, -0.1) is 0 Å². The van der Waals surface area contributed by atoms with Crippen LogP contribution in [0.1, 0.15) is 27.3 Å². The van der Waals surface area contributed by atoms with Crippen LogP contribution in [-0.2, 0) is 11.3 Å². The molecule has 1 heterocycles. The minimum absolute atomic E-state index is 0.284. The molecule has 0 atom stereocenters. The standard InChI is InChI=1S/C15H17NO2/c1-11-8-9-12(2)16(11)10-13-6-4-5-7-14(13)15(17)18-3/h4-9H,10H2,1-3H3. The minimum Gasteiger partial charge on any atom is -0.465 e. The van der Waals surface area contributed by atoms with E-state index in [4.69, 9.17) is 4.74 Å². The van der Waals surface area contributed by atoms with Crippen LogP contribution in [0.4, 0.5) is 0 Å². The highest BCUT2D eigenvalue weighted by molar-refractivity contribution is 5.90. The lowest BCUT2D eigenvalue weighted by Crippen LogP contribution is -2.10. The third-order valence-corrected chi connectivity index (χ3v) is 3.17. The van der Waals surface area contributed by atoms with E-state index in [0.29, 0.717) is 12.1 Å². The molecule has 0 aliphatic heterocycles. The van der Waals surface area contributed by atoms with Gasteiger partial charge < -0.3 is 9.30 Å². The van der Waals surface area contributed by atoms with Gasteiger partial charge in [0.1, 0.15) is 0 Å². The highest BCUT2D eigenvalue weighted by Crippen LogP contribution is 2.15. The Morgan fingerprint density at radius 1 is 1.11 bits per heavy atom. The quantitative estimate of drug-likeness (QED) is 0.776. The summed E-state index contributed by atoms with van der Waals surface area (Å²) in [5.41, 5.74) is 3.98. The van der Waals surface area contributed by atoms with Gasteiger partial charge in [-0.25, -0.2) is 4.79 Å². The third kappa shape index (κ3) is 2.30. The van der Waals surface area contributed by atoms with Crippen LogP contribution in [0.3, 0.4) is 0 Å². The molecule has 0 N–H and O–H groups in total. The van der Waals surface area contributed by atoms with Gasteiger partial charge in [0.2, 0.25) is 0 Å². The number of benzene rings is 1. The number of carbonyl (C=O) groups excluding carboxylic acids is 1. The summed E-state index contributed by atoms with van der Waals surface area (Å²) in [6.45, 7) is 4.82. The summed E-state index contributed by atoms with van der Waals surface area (Å²) in [5.74, 6) is -0.284. The number of hydrogen-bond donors (Lipinski definition) is 0. The Morgan fingerprint density at radius 3 is 2.33 bits per heavy atom. The molecule has 0 fully saturated rings. The number of aryl methyl sites for hydroxylation is 2. The van der Waals surface area contributed by atoms with Crippen LogP contribution >= 0.6 is 0 Å². The fourth-order valence-electron chi connectivity index (χ4n) is 2.09. The fourth-order valence-corrected chi connectivity index (χ4v) is 2.09. The lowest BCUT2D eigenvalue weighted by atomic mass is 10.1. The number of esters is 1. The summed E-state index contributed by atoms with van der Waals surface area (Å²) < 4.78 is 6.99. The average molecular weight is 243 g/mol. The number of aromatic nitrogens is 1. The number of carbonyl (C=O) groups is 1. The maximum Gasteiger partial charge on any atom is 0.338 e. The Kier molecular flexibility index (Phi) is 3.51. The molecule has 2 rings (SSSR count). The summed E-state index contributed by atoms with van der Waals surface area (Å²) in [5, 5.41) is 0. The Labute approximate surface area is 107 Å². The van der Waals surface area contributed by atoms with Gasteiger partial charge in [-0.3, -0.25) is 0 Å². The molecule has 18 heavy (non-hydrogen) atoms. The molecule has 3 heteroatoms. The van der Waals surface area contributed by atoms with Crippen molar-refractivity contribution in [1.82, 2.24) is 4.57 Å². The molecule has 1 aromatic carbocycles. The van der Waals surface area contributed by atoms with Crippen LogP contribution in [0.5, 0.6) is 0 Å². The third-order valence-electron chi connectivity index (χ3n) is 3.17. The molecule has 0 spiro atoms. The average Bonchev–Trinajstić information content (AvgIpc) is 2.70. The zero-order valence-electron chi connectivity index (χ0n) is 10.9. The van der Waals surface area contributed by atoms with Crippen molar-refractivity contribution in [2.45, 2.75) is 20.4 Å². The monoisotopic (exact) mass is 243 g/mol. The molecule has 1 aromatic heterocycles. The van der Waals surface area contributed by atoms with Crippen molar-refractivity contribution >= 4 is 5.97 Å². The van der Waals surface area contributed by atoms with Crippen molar-refractivity contribution in [3.63, 3.8) is 0 Å². The lowest BCUT2D eigenvalue weighted by molar-refractivity contribution is 0.0599. The maximum atomic E-state index is 11.7. The van der Waals surface area contributed by atoms with Gasteiger partial charge in [-0.05, 0) is 37.6 Å². The van der Waals surface area contributed by atoms with Crippen molar-refractivity contribution in [2.75, 3.05) is 7.11 Å². The van der Waals surface area contributed by atoms with E-state index in [9.17, 15) is 4.79 Å². The van der Waals surface area contributed by atoms with Crippen LogP contribution in [0, 0.1) is 13.8 Å². The molecular weight excluding hydrogens is 226 g/mol. The zero-order chi connectivity index (χ0) is 13.1. The van der Waals surface area contributed by atoms with Crippen molar-refractivity contribution in [1.29, 1.82) is 0 Å². The van der Waals surface area contributed by atoms with E-state index in [2.05, 4.69) is 30.5 Å². The molecular formula is C15H17NO2.